The highest BCUT2D eigenvalue weighted by Crippen LogP contribution is 2.52. The topological polar surface area (TPSA) is 66.8 Å². The van der Waals surface area contributed by atoms with Crippen molar-refractivity contribution in [2.75, 3.05) is 13.7 Å². The molecular weight excluding hydrogens is 513 g/mol. The van der Waals surface area contributed by atoms with Gasteiger partial charge in [0.2, 0.25) is 10.0 Å². The van der Waals surface area contributed by atoms with Gasteiger partial charge < -0.3 is 9.84 Å². The number of methoxy groups -OCH3 is 1. The Kier molecular flexibility index (Phi) is 5.81. The van der Waals surface area contributed by atoms with E-state index in [-0.39, 0.29) is 23.6 Å². The van der Waals surface area contributed by atoms with E-state index in [1.54, 1.807) is 18.2 Å². The number of nitrogens with zero attached hydrogens (tertiary/aromatic N) is 1. The van der Waals surface area contributed by atoms with Crippen molar-refractivity contribution in [2.45, 2.75) is 18.1 Å². The second kappa shape index (κ2) is 7.97. The summed E-state index contributed by atoms with van der Waals surface area (Å²) < 4.78 is 35.0. The predicted octanol–water partition coefficient (Wildman–Crippen LogP) is 4.93. The van der Waals surface area contributed by atoms with Gasteiger partial charge in [-0.25, -0.2) is 8.42 Å². The quantitative estimate of drug-likeness (QED) is 0.608. The number of sulfonamides is 1. The fourth-order valence-electron chi connectivity index (χ4n) is 4.09. The molecule has 0 unspecified atom stereocenters. The van der Waals surface area contributed by atoms with Crippen molar-refractivity contribution < 1.29 is 18.3 Å². The van der Waals surface area contributed by atoms with Gasteiger partial charge in [0.1, 0.15) is 16.2 Å². The van der Waals surface area contributed by atoms with Crippen molar-refractivity contribution in [1.29, 1.82) is 0 Å². The summed E-state index contributed by atoms with van der Waals surface area (Å²) in [6.45, 7) is -0.0301. The van der Waals surface area contributed by atoms with E-state index in [0.29, 0.717) is 15.6 Å². The van der Waals surface area contributed by atoms with E-state index in [4.69, 9.17) is 27.9 Å². The third kappa shape index (κ3) is 3.61. The van der Waals surface area contributed by atoms with Crippen LogP contribution in [0.3, 0.4) is 0 Å². The lowest BCUT2D eigenvalue weighted by molar-refractivity contribution is 0.179. The molecule has 1 saturated heterocycles. The van der Waals surface area contributed by atoms with Gasteiger partial charge in [-0.05, 0) is 35.9 Å². The van der Waals surface area contributed by atoms with Crippen molar-refractivity contribution in [3.63, 3.8) is 0 Å². The van der Waals surface area contributed by atoms with Crippen LogP contribution in [0.5, 0.6) is 0 Å². The Hall–Kier alpha value is -1.35. The maximum absolute atomic E-state index is 13.5. The normalized spacial score (nSPS) is 25.8. The molecule has 1 N–H and O–H groups in total. The van der Waals surface area contributed by atoms with Crippen molar-refractivity contribution in [2.24, 2.45) is 0 Å². The molecule has 2 aliphatic rings. The third-order valence-corrected chi connectivity index (χ3v) is 8.22. The zero-order valence-corrected chi connectivity index (χ0v) is 19.8. The summed E-state index contributed by atoms with van der Waals surface area (Å²) >= 11 is 15.7. The molecule has 0 aromatic heterocycles. The molecule has 0 amide bonds. The Morgan fingerprint density at radius 1 is 1.20 bits per heavy atom. The van der Waals surface area contributed by atoms with Crippen LogP contribution in [0.15, 0.2) is 58.8 Å². The Balaban J connectivity index is 1.92. The molecule has 2 heterocycles. The van der Waals surface area contributed by atoms with Gasteiger partial charge in [0.25, 0.3) is 0 Å². The summed E-state index contributed by atoms with van der Waals surface area (Å²) in [5.41, 5.74) is 0.107. The first-order valence-corrected chi connectivity index (χ1v) is 12.1. The molecule has 9 heteroatoms. The van der Waals surface area contributed by atoms with E-state index in [9.17, 15) is 13.5 Å². The number of halogens is 3. The summed E-state index contributed by atoms with van der Waals surface area (Å²) in [5, 5.41) is 11.0. The lowest BCUT2D eigenvalue weighted by Gasteiger charge is -2.28. The van der Waals surface area contributed by atoms with E-state index in [2.05, 4.69) is 15.9 Å². The fourth-order valence-corrected chi connectivity index (χ4v) is 7.03. The molecule has 2 aliphatic heterocycles. The molecule has 0 radical (unpaired) electrons. The maximum Gasteiger partial charge on any atom is 0.248 e. The van der Waals surface area contributed by atoms with E-state index < -0.39 is 21.7 Å². The fraction of sp³-hybridized carbons (Fsp3) is 0.238. The maximum atomic E-state index is 13.5. The molecule has 2 atom stereocenters. The number of aliphatic hydroxyl groups excluding tert-OH is 1. The van der Waals surface area contributed by atoms with Crippen LogP contribution >= 0.6 is 39.1 Å². The Labute approximate surface area is 193 Å². The van der Waals surface area contributed by atoms with Crippen LogP contribution < -0.4 is 0 Å². The van der Waals surface area contributed by atoms with Gasteiger partial charge >= 0.3 is 0 Å². The van der Waals surface area contributed by atoms with E-state index in [0.717, 1.165) is 10.0 Å². The largest absolute Gasteiger partial charge is 0.497 e. The van der Waals surface area contributed by atoms with E-state index in [1.807, 2.05) is 30.3 Å². The van der Waals surface area contributed by atoms with Crippen LogP contribution in [0, 0.1) is 0 Å². The molecule has 0 saturated carbocycles. The highest BCUT2D eigenvalue weighted by Gasteiger charge is 2.60. The average molecular weight is 531 g/mol. The Morgan fingerprint density at radius 3 is 2.43 bits per heavy atom. The summed E-state index contributed by atoms with van der Waals surface area (Å²) in [4.78, 5) is 0.0155. The van der Waals surface area contributed by atoms with Gasteiger partial charge in [-0.1, -0.05) is 63.4 Å². The van der Waals surface area contributed by atoms with Crippen molar-refractivity contribution in [1.82, 2.24) is 4.31 Å². The summed E-state index contributed by atoms with van der Waals surface area (Å²) in [6, 6.07) is 12.2. The standard InChI is InChI=1S/C21H18BrCl2NO4S/c1-29-20-19(14-8-16(23)10-17(24)9-14)30(27,28)25-12-18(26)11-21(20,25)7-6-13-2-4-15(22)5-3-13/h2-10,18,26H,11-12H2,1H3/b7-6+/t18-,21+/m1/s1. The lowest BCUT2D eigenvalue weighted by Crippen LogP contribution is -2.41. The zero-order chi connectivity index (χ0) is 21.7. The minimum absolute atomic E-state index is 0.0155. The van der Waals surface area contributed by atoms with Crippen LogP contribution in [0.25, 0.3) is 11.0 Å². The summed E-state index contributed by atoms with van der Waals surface area (Å²) in [7, 11) is -2.53. The zero-order valence-electron chi connectivity index (χ0n) is 15.8. The van der Waals surface area contributed by atoms with Crippen LogP contribution in [0.4, 0.5) is 0 Å². The number of rotatable bonds is 4. The second-order valence-electron chi connectivity index (χ2n) is 7.22. The minimum atomic E-state index is -3.96. The van der Waals surface area contributed by atoms with Crippen LogP contribution in [-0.4, -0.2) is 43.1 Å². The molecule has 5 nitrogen and oxygen atoms in total. The molecule has 2 aromatic rings. The van der Waals surface area contributed by atoms with Crippen LogP contribution in [0.2, 0.25) is 10.0 Å². The molecule has 30 heavy (non-hydrogen) atoms. The number of fused-ring (bicyclic) bond motifs is 1. The van der Waals surface area contributed by atoms with Crippen molar-refractivity contribution >= 4 is 60.1 Å². The highest BCUT2D eigenvalue weighted by atomic mass is 79.9. The number of aliphatic hydroxyl groups is 1. The molecule has 0 bridgehead atoms. The molecule has 0 aliphatic carbocycles. The molecular formula is C21H18BrCl2NO4S. The number of β-amino-alcohol motifs (C(OH)–C–C–N with tert-alkyl or cyclic N) is 1. The predicted molar refractivity (Wildman–Crippen MR) is 123 cm³/mol. The first kappa shape index (κ1) is 21.9. The summed E-state index contributed by atoms with van der Waals surface area (Å²) in [6.07, 6.45) is 2.98. The van der Waals surface area contributed by atoms with Gasteiger partial charge in [0, 0.05) is 33.0 Å². The lowest BCUT2D eigenvalue weighted by atomic mass is 9.91. The number of benzene rings is 2. The van der Waals surface area contributed by atoms with Gasteiger partial charge in [-0.3, -0.25) is 0 Å². The Bertz CT molecular complexity index is 1140. The summed E-state index contributed by atoms with van der Waals surface area (Å²) in [5.74, 6) is 0.241. The molecule has 2 aromatic carbocycles. The number of hydrogen-bond acceptors (Lipinski definition) is 4. The highest BCUT2D eigenvalue weighted by molar-refractivity contribution is 9.10. The van der Waals surface area contributed by atoms with Gasteiger partial charge in [0.15, 0.2) is 0 Å². The molecule has 0 spiro atoms. The average Bonchev–Trinajstić information content (AvgIpc) is 3.10. The Morgan fingerprint density at radius 2 is 1.83 bits per heavy atom. The van der Waals surface area contributed by atoms with Gasteiger partial charge in [-0.2, -0.15) is 4.31 Å². The van der Waals surface area contributed by atoms with Crippen molar-refractivity contribution in [3.05, 3.63) is 79.9 Å². The van der Waals surface area contributed by atoms with Crippen molar-refractivity contribution in [3.8, 4) is 0 Å². The molecule has 4 rings (SSSR count). The molecule has 158 valence electrons. The molecule has 1 fully saturated rings. The number of hydrogen-bond donors (Lipinski definition) is 1. The van der Waals surface area contributed by atoms with Gasteiger partial charge in [-0.15, -0.1) is 0 Å². The third-order valence-electron chi connectivity index (χ3n) is 5.27. The van der Waals surface area contributed by atoms with E-state index in [1.165, 1.54) is 17.5 Å². The SMILES string of the molecule is COC1=C(c2cc(Cl)cc(Cl)c2)S(=O)(=O)N2C[C@H](O)C[C@@]12/C=C/c1ccc(Br)cc1. The smallest absolute Gasteiger partial charge is 0.248 e. The first-order chi connectivity index (χ1) is 14.2. The minimum Gasteiger partial charge on any atom is -0.497 e. The first-order valence-electron chi connectivity index (χ1n) is 9.08. The monoisotopic (exact) mass is 529 g/mol. The van der Waals surface area contributed by atoms with Crippen LogP contribution in [0.1, 0.15) is 17.5 Å². The van der Waals surface area contributed by atoms with E-state index >= 15 is 0 Å². The second-order valence-corrected chi connectivity index (χ2v) is 10.8. The van der Waals surface area contributed by atoms with Crippen LogP contribution in [-0.2, 0) is 14.8 Å². The van der Waals surface area contributed by atoms with Gasteiger partial charge in [0.05, 0.1) is 13.2 Å². The number of ether oxygens (including phenoxy) is 1.